The maximum atomic E-state index is 13.7. The van der Waals surface area contributed by atoms with Gasteiger partial charge in [-0.15, -0.1) is 0 Å². The number of rotatable bonds is 3. The molecule has 0 aliphatic heterocycles. The third-order valence-electron chi connectivity index (χ3n) is 2.69. The fraction of sp³-hybridized carbons (Fsp3) is 0.154. The molecule has 0 fully saturated rings. The van der Waals surface area contributed by atoms with Gasteiger partial charge in [0.15, 0.2) is 0 Å². The van der Waals surface area contributed by atoms with Crippen LogP contribution >= 0.6 is 11.6 Å². The van der Waals surface area contributed by atoms with Crippen molar-refractivity contribution in [1.82, 2.24) is 0 Å². The number of benzene rings is 1. The van der Waals surface area contributed by atoms with E-state index >= 15 is 0 Å². The number of halogens is 3. The van der Waals surface area contributed by atoms with Crippen molar-refractivity contribution in [2.24, 2.45) is 5.73 Å². The van der Waals surface area contributed by atoms with Crippen molar-refractivity contribution >= 4 is 17.6 Å². The van der Waals surface area contributed by atoms with E-state index in [1.54, 1.807) is 0 Å². The first-order chi connectivity index (χ1) is 9.43. The smallest absolute Gasteiger partial charge is 0.373 e. The third-order valence-corrected chi connectivity index (χ3v) is 2.98. The highest BCUT2D eigenvalue weighted by atomic mass is 35.5. The van der Waals surface area contributed by atoms with E-state index in [-0.39, 0.29) is 22.1 Å². The fourth-order valence-corrected chi connectivity index (χ4v) is 1.81. The molecule has 1 aromatic carbocycles. The molecule has 0 aliphatic carbocycles. The summed E-state index contributed by atoms with van der Waals surface area (Å²) in [7, 11) is 1.19. The summed E-state index contributed by atoms with van der Waals surface area (Å²) in [5, 5.41) is -0.340. The van der Waals surface area contributed by atoms with Crippen LogP contribution in [0, 0.1) is 11.6 Å². The molecule has 0 saturated carbocycles. The SMILES string of the molecule is COC(=O)c1ccc(C(N)c2cc(F)c(Cl)cc2F)o1. The average molecular weight is 302 g/mol. The van der Waals surface area contributed by atoms with Crippen LogP contribution in [0.1, 0.15) is 27.9 Å². The highest BCUT2D eigenvalue weighted by molar-refractivity contribution is 6.30. The van der Waals surface area contributed by atoms with E-state index in [9.17, 15) is 13.6 Å². The number of ether oxygens (including phenoxy) is 1. The zero-order valence-corrected chi connectivity index (χ0v) is 11.1. The lowest BCUT2D eigenvalue weighted by Crippen LogP contribution is -2.13. The molecule has 1 heterocycles. The molecule has 2 N–H and O–H groups in total. The Bertz CT molecular complexity index is 657. The van der Waals surface area contributed by atoms with Gasteiger partial charge in [0.1, 0.15) is 17.4 Å². The molecule has 1 aromatic heterocycles. The van der Waals surface area contributed by atoms with Gasteiger partial charge in [0.2, 0.25) is 5.76 Å². The van der Waals surface area contributed by atoms with Gasteiger partial charge in [-0.1, -0.05) is 11.6 Å². The quantitative estimate of drug-likeness (QED) is 0.699. The number of methoxy groups -OCH3 is 1. The van der Waals surface area contributed by atoms with Crippen molar-refractivity contribution in [1.29, 1.82) is 0 Å². The highest BCUT2D eigenvalue weighted by Gasteiger charge is 2.21. The molecule has 0 amide bonds. The largest absolute Gasteiger partial charge is 0.463 e. The Morgan fingerprint density at radius 1 is 1.35 bits per heavy atom. The van der Waals surface area contributed by atoms with Gasteiger partial charge in [0.05, 0.1) is 18.2 Å². The fourth-order valence-electron chi connectivity index (χ4n) is 1.66. The molecule has 1 unspecified atom stereocenters. The number of hydrogen-bond donors (Lipinski definition) is 1. The molecule has 2 aromatic rings. The maximum Gasteiger partial charge on any atom is 0.373 e. The topological polar surface area (TPSA) is 65.5 Å². The van der Waals surface area contributed by atoms with Gasteiger partial charge in [0, 0.05) is 5.56 Å². The predicted octanol–water partition coefficient (Wildman–Crippen LogP) is 3.05. The zero-order chi connectivity index (χ0) is 14.9. The molecular weight excluding hydrogens is 292 g/mol. The average Bonchev–Trinajstić information content (AvgIpc) is 2.91. The molecule has 1 atom stereocenters. The number of carbonyl (C=O) groups excluding carboxylic acids is 1. The van der Waals surface area contributed by atoms with Gasteiger partial charge in [-0.3, -0.25) is 0 Å². The molecule has 0 aliphatic rings. The van der Waals surface area contributed by atoms with Crippen molar-refractivity contribution in [3.8, 4) is 0 Å². The summed E-state index contributed by atoms with van der Waals surface area (Å²) >= 11 is 5.46. The summed E-state index contributed by atoms with van der Waals surface area (Å²) in [6.07, 6.45) is 0. The van der Waals surface area contributed by atoms with Gasteiger partial charge >= 0.3 is 5.97 Å². The van der Waals surface area contributed by atoms with Gasteiger partial charge in [0.25, 0.3) is 0 Å². The Balaban J connectivity index is 2.36. The van der Waals surface area contributed by atoms with Crippen molar-refractivity contribution < 1.29 is 22.7 Å². The minimum Gasteiger partial charge on any atom is -0.463 e. The van der Waals surface area contributed by atoms with Gasteiger partial charge in [-0.05, 0) is 24.3 Å². The van der Waals surface area contributed by atoms with E-state index in [4.69, 9.17) is 21.8 Å². The lowest BCUT2D eigenvalue weighted by molar-refractivity contribution is 0.0562. The lowest BCUT2D eigenvalue weighted by Gasteiger charge is -2.11. The van der Waals surface area contributed by atoms with Crippen molar-refractivity contribution in [2.45, 2.75) is 6.04 Å². The summed E-state index contributed by atoms with van der Waals surface area (Å²) in [4.78, 5) is 11.2. The first kappa shape index (κ1) is 14.5. The highest BCUT2D eigenvalue weighted by Crippen LogP contribution is 2.27. The molecule has 0 radical (unpaired) electrons. The number of nitrogens with two attached hydrogens (primary N) is 1. The van der Waals surface area contributed by atoms with Gasteiger partial charge in [-0.25, -0.2) is 13.6 Å². The Labute approximate surface area is 118 Å². The molecule has 20 heavy (non-hydrogen) atoms. The van der Waals surface area contributed by atoms with Crippen LogP contribution in [0.25, 0.3) is 0 Å². The van der Waals surface area contributed by atoms with E-state index in [1.807, 2.05) is 0 Å². The summed E-state index contributed by atoms with van der Waals surface area (Å²) < 4.78 is 36.7. The summed E-state index contributed by atoms with van der Waals surface area (Å²) in [5.41, 5.74) is 5.67. The third kappa shape index (κ3) is 2.66. The van der Waals surface area contributed by atoms with Crippen LogP contribution in [-0.2, 0) is 4.74 Å². The Morgan fingerprint density at radius 2 is 2.05 bits per heavy atom. The van der Waals surface area contributed by atoms with Crippen molar-refractivity contribution in [3.63, 3.8) is 0 Å². The first-order valence-electron chi connectivity index (χ1n) is 5.52. The van der Waals surface area contributed by atoms with Gasteiger partial charge < -0.3 is 14.9 Å². The minimum atomic E-state index is -1.07. The van der Waals surface area contributed by atoms with Crippen LogP contribution < -0.4 is 5.73 Å². The van der Waals surface area contributed by atoms with Crippen LogP contribution in [-0.4, -0.2) is 13.1 Å². The van der Waals surface area contributed by atoms with Crippen molar-refractivity contribution in [2.75, 3.05) is 7.11 Å². The second kappa shape index (κ2) is 5.60. The maximum absolute atomic E-state index is 13.7. The molecule has 0 saturated heterocycles. The summed E-state index contributed by atoms with van der Waals surface area (Å²) in [5.74, 6) is -2.22. The van der Waals surface area contributed by atoms with Crippen LogP contribution in [0.2, 0.25) is 5.02 Å². The monoisotopic (exact) mass is 301 g/mol. The molecule has 0 spiro atoms. The van der Waals surface area contributed by atoms with E-state index in [2.05, 4.69) is 4.74 Å². The molecule has 0 bridgehead atoms. The molecular formula is C13H10ClF2NO3. The van der Waals surface area contributed by atoms with E-state index < -0.39 is 23.6 Å². The van der Waals surface area contributed by atoms with E-state index in [0.717, 1.165) is 12.1 Å². The van der Waals surface area contributed by atoms with Crippen LogP contribution in [0.3, 0.4) is 0 Å². The number of furan rings is 1. The number of hydrogen-bond acceptors (Lipinski definition) is 4. The van der Waals surface area contributed by atoms with Gasteiger partial charge in [-0.2, -0.15) is 0 Å². The first-order valence-corrected chi connectivity index (χ1v) is 5.90. The Hall–Kier alpha value is -1.92. The van der Waals surface area contributed by atoms with Crippen LogP contribution in [0.4, 0.5) is 8.78 Å². The van der Waals surface area contributed by atoms with E-state index in [1.165, 1.54) is 19.2 Å². The standard InChI is InChI=1S/C13H10ClF2NO3/c1-19-13(18)11-3-2-10(20-11)12(17)6-4-9(16)7(14)5-8(6)15/h2-5,12H,17H2,1H3. The normalized spacial score (nSPS) is 12.2. The molecule has 7 heteroatoms. The van der Waals surface area contributed by atoms with Crippen LogP contribution in [0.15, 0.2) is 28.7 Å². The lowest BCUT2D eigenvalue weighted by atomic mass is 10.0. The van der Waals surface area contributed by atoms with E-state index in [0.29, 0.717) is 0 Å². The second-order valence-corrected chi connectivity index (χ2v) is 4.37. The van der Waals surface area contributed by atoms with Crippen molar-refractivity contribution in [3.05, 3.63) is 58.0 Å². The zero-order valence-electron chi connectivity index (χ0n) is 10.3. The molecule has 4 nitrogen and oxygen atoms in total. The summed E-state index contributed by atoms with van der Waals surface area (Å²) in [6.45, 7) is 0. The Morgan fingerprint density at radius 3 is 2.70 bits per heavy atom. The van der Waals surface area contributed by atoms with Crippen LogP contribution in [0.5, 0.6) is 0 Å². The number of esters is 1. The molecule has 2 rings (SSSR count). The molecule has 106 valence electrons. The second-order valence-electron chi connectivity index (χ2n) is 3.96. The number of carbonyl (C=O) groups is 1. The Kier molecular flexibility index (Phi) is 4.06. The minimum absolute atomic E-state index is 0.0761. The summed E-state index contributed by atoms with van der Waals surface area (Å²) in [6, 6.07) is 3.38. The predicted molar refractivity (Wildman–Crippen MR) is 67.4 cm³/mol.